The molecule has 0 atom stereocenters. The van der Waals surface area contributed by atoms with Gasteiger partial charge in [-0.15, -0.1) is 11.8 Å². The highest BCUT2D eigenvalue weighted by Crippen LogP contribution is 2.34. The summed E-state index contributed by atoms with van der Waals surface area (Å²) >= 11 is 1.11. The molecule has 2 amide bonds. The highest BCUT2D eigenvalue weighted by Gasteiger charge is 2.34. The van der Waals surface area contributed by atoms with E-state index in [0.29, 0.717) is 10.6 Å². The number of hydrogen-bond acceptors (Lipinski definition) is 4. The van der Waals surface area contributed by atoms with Crippen molar-refractivity contribution < 1.29 is 22.8 Å². The molecule has 116 valence electrons. The average molecular weight is 328 g/mol. The van der Waals surface area contributed by atoms with E-state index < -0.39 is 17.3 Å². The molecule has 1 fully saturated rings. The minimum absolute atomic E-state index is 0.170. The van der Waals surface area contributed by atoms with Gasteiger partial charge >= 0.3 is 6.18 Å². The summed E-state index contributed by atoms with van der Waals surface area (Å²) in [5.74, 6) is -0.191. The van der Waals surface area contributed by atoms with Gasteiger partial charge in [0.25, 0.3) is 0 Å². The van der Waals surface area contributed by atoms with Crippen LogP contribution in [0.5, 0.6) is 0 Å². The fourth-order valence-corrected chi connectivity index (χ4v) is 2.95. The first-order valence-corrected chi connectivity index (χ1v) is 7.39. The van der Waals surface area contributed by atoms with E-state index in [9.17, 15) is 22.8 Å². The summed E-state index contributed by atoms with van der Waals surface area (Å²) in [6.45, 7) is 0.170. The van der Waals surface area contributed by atoms with Crippen LogP contribution in [0.2, 0.25) is 0 Å². The molecule has 1 aliphatic heterocycles. The van der Waals surface area contributed by atoms with E-state index in [0.717, 1.165) is 28.8 Å². The first-order chi connectivity index (χ1) is 10.3. The summed E-state index contributed by atoms with van der Waals surface area (Å²) in [6.07, 6.45) is -4.21. The van der Waals surface area contributed by atoms with E-state index in [1.165, 1.54) is 12.1 Å². The number of nitrogens with zero attached hydrogens (tertiary/aromatic N) is 2. The number of halogens is 3. The number of rotatable bonds is 4. The molecule has 22 heavy (non-hydrogen) atoms. The number of carbonyl (C=O) groups excluding carboxylic acids is 2. The van der Waals surface area contributed by atoms with Crippen molar-refractivity contribution in [3.63, 3.8) is 0 Å². The second-order valence-electron chi connectivity index (χ2n) is 4.60. The fourth-order valence-electron chi connectivity index (χ4n) is 2.07. The Morgan fingerprint density at radius 3 is 2.41 bits per heavy atom. The first-order valence-electron chi connectivity index (χ1n) is 6.40. The molecule has 1 heterocycles. The lowest BCUT2D eigenvalue weighted by molar-refractivity contribution is -0.139. The summed E-state index contributed by atoms with van der Waals surface area (Å²) < 4.78 is 38.5. The van der Waals surface area contributed by atoms with Crippen molar-refractivity contribution in [2.75, 3.05) is 12.3 Å². The van der Waals surface area contributed by atoms with Gasteiger partial charge in [-0.25, -0.2) is 0 Å². The lowest BCUT2D eigenvalue weighted by Gasteiger charge is -2.14. The van der Waals surface area contributed by atoms with Gasteiger partial charge in [-0.05, 0) is 18.2 Å². The van der Waals surface area contributed by atoms with Gasteiger partial charge in [0.05, 0.1) is 17.2 Å². The van der Waals surface area contributed by atoms with Crippen LogP contribution in [0.1, 0.15) is 24.0 Å². The van der Waals surface area contributed by atoms with Crippen LogP contribution in [0.25, 0.3) is 0 Å². The number of thioether (sulfide) groups is 1. The van der Waals surface area contributed by atoms with Gasteiger partial charge in [0, 0.05) is 30.0 Å². The minimum atomic E-state index is -4.59. The molecule has 1 saturated heterocycles. The molecule has 2 rings (SSSR count). The van der Waals surface area contributed by atoms with Crippen LogP contribution in [0.3, 0.4) is 0 Å². The molecule has 0 aromatic heterocycles. The molecule has 0 aliphatic carbocycles. The number of imide groups is 1. The maximum absolute atomic E-state index is 12.8. The molecule has 4 nitrogen and oxygen atoms in total. The van der Waals surface area contributed by atoms with Gasteiger partial charge in [0.1, 0.15) is 0 Å². The third kappa shape index (κ3) is 3.60. The van der Waals surface area contributed by atoms with Gasteiger partial charge in [-0.3, -0.25) is 14.5 Å². The standard InChI is InChI=1S/C14H11F3N2O2S/c15-14(16,17)11-7-10(2-1-9(11)8-18)22-6-5-19-12(20)3-4-13(19)21/h1-2,7H,3-6H2. The zero-order valence-corrected chi connectivity index (χ0v) is 12.1. The summed E-state index contributed by atoms with van der Waals surface area (Å²) in [6, 6.07) is 4.97. The number of benzene rings is 1. The first kappa shape index (κ1) is 16.4. The number of nitriles is 1. The molecule has 1 aromatic rings. The highest BCUT2D eigenvalue weighted by atomic mass is 32.2. The van der Waals surface area contributed by atoms with Crippen LogP contribution in [0, 0.1) is 11.3 Å². The molecule has 0 radical (unpaired) electrons. The van der Waals surface area contributed by atoms with E-state index in [2.05, 4.69) is 0 Å². The Bertz CT molecular complexity index is 636. The SMILES string of the molecule is N#Cc1ccc(SCCN2C(=O)CCC2=O)cc1C(F)(F)F. The second kappa shape index (κ2) is 6.40. The number of amides is 2. The Labute approximate surface area is 128 Å². The average Bonchev–Trinajstić information content (AvgIpc) is 2.78. The molecule has 1 aliphatic rings. The summed E-state index contributed by atoms with van der Waals surface area (Å²) in [7, 11) is 0. The van der Waals surface area contributed by atoms with E-state index in [1.54, 1.807) is 0 Å². The number of alkyl halides is 3. The predicted octanol–water partition coefficient (Wildman–Crippen LogP) is 2.82. The van der Waals surface area contributed by atoms with Crippen molar-refractivity contribution in [1.29, 1.82) is 5.26 Å². The van der Waals surface area contributed by atoms with Crippen molar-refractivity contribution in [2.45, 2.75) is 23.9 Å². The third-order valence-corrected chi connectivity index (χ3v) is 4.13. The zero-order valence-electron chi connectivity index (χ0n) is 11.3. The van der Waals surface area contributed by atoms with E-state index >= 15 is 0 Å². The molecule has 8 heteroatoms. The Hall–Kier alpha value is -2.01. The quantitative estimate of drug-likeness (QED) is 0.630. The number of hydrogen-bond donors (Lipinski definition) is 0. The van der Waals surface area contributed by atoms with Crippen molar-refractivity contribution in [2.24, 2.45) is 0 Å². The maximum Gasteiger partial charge on any atom is 0.417 e. The third-order valence-electron chi connectivity index (χ3n) is 3.16. The number of carbonyl (C=O) groups is 2. The van der Waals surface area contributed by atoms with E-state index in [1.807, 2.05) is 0 Å². The largest absolute Gasteiger partial charge is 0.417 e. The predicted molar refractivity (Wildman–Crippen MR) is 72.8 cm³/mol. The molecule has 0 unspecified atom stereocenters. The van der Waals surface area contributed by atoms with Gasteiger partial charge < -0.3 is 0 Å². The van der Waals surface area contributed by atoms with Crippen molar-refractivity contribution in [3.05, 3.63) is 29.3 Å². The molecule has 0 saturated carbocycles. The van der Waals surface area contributed by atoms with E-state index in [-0.39, 0.29) is 31.2 Å². The van der Waals surface area contributed by atoms with Crippen LogP contribution in [-0.4, -0.2) is 29.0 Å². The van der Waals surface area contributed by atoms with Crippen LogP contribution in [0.4, 0.5) is 13.2 Å². The lowest BCUT2D eigenvalue weighted by Crippen LogP contribution is -2.31. The van der Waals surface area contributed by atoms with Gasteiger partial charge in [0.15, 0.2) is 0 Å². The van der Waals surface area contributed by atoms with Gasteiger partial charge in [-0.2, -0.15) is 18.4 Å². The summed E-state index contributed by atoms with van der Waals surface area (Å²) in [5, 5.41) is 8.71. The Morgan fingerprint density at radius 1 is 1.23 bits per heavy atom. The normalized spacial score (nSPS) is 15.3. The molecule has 0 spiro atoms. The molecular weight excluding hydrogens is 317 g/mol. The number of likely N-dealkylation sites (tertiary alicyclic amines) is 1. The second-order valence-corrected chi connectivity index (χ2v) is 5.77. The fraction of sp³-hybridized carbons (Fsp3) is 0.357. The lowest BCUT2D eigenvalue weighted by atomic mass is 10.1. The van der Waals surface area contributed by atoms with Crippen LogP contribution in [-0.2, 0) is 15.8 Å². The highest BCUT2D eigenvalue weighted by molar-refractivity contribution is 7.99. The van der Waals surface area contributed by atoms with Crippen molar-refractivity contribution in [3.8, 4) is 6.07 Å². The Balaban J connectivity index is 2.03. The summed E-state index contributed by atoms with van der Waals surface area (Å²) in [4.78, 5) is 24.3. The minimum Gasteiger partial charge on any atom is -0.282 e. The smallest absolute Gasteiger partial charge is 0.282 e. The van der Waals surface area contributed by atoms with Crippen LogP contribution in [0.15, 0.2) is 23.1 Å². The van der Waals surface area contributed by atoms with Gasteiger partial charge in [0.2, 0.25) is 11.8 Å². The van der Waals surface area contributed by atoms with E-state index in [4.69, 9.17) is 5.26 Å². The topological polar surface area (TPSA) is 61.2 Å². The van der Waals surface area contributed by atoms with Crippen LogP contribution < -0.4 is 0 Å². The van der Waals surface area contributed by atoms with Crippen LogP contribution >= 0.6 is 11.8 Å². The molecule has 0 bridgehead atoms. The van der Waals surface area contributed by atoms with Gasteiger partial charge in [-0.1, -0.05) is 0 Å². The Kier molecular flexibility index (Phi) is 4.76. The monoisotopic (exact) mass is 328 g/mol. The molecule has 0 N–H and O–H groups in total. The maximum atomic E-state index is 12.8. The molecule has 1 aromatic carbocycles. The Morgan fingerprint density at radius 2 is 1.86 bits per heavy atom. The van der Waals surface area contributed by atoms with Crippen molar-refractivity contribution in [1.82, 2.24) is 4.90 Å². The zero-order chi connectivity index (χ0) is 16.3. The van der Waals surface area contributed by atoms with Crippen molar-refractivity contribution >= 4 is 23.6 Å². The summed E-state index contributed by atoms with van der Waals surface area (Å²) in [5.41, 5.74) is -1.41. The molecular formula is C14H11F3N2O2S.